The Balaban J connectivity index is 2.15. The molecule has 0 saturated carbocycles. The zero-order valence-electron chi connectivity index (χ0n) is 10.2. The lowest BCUT2D eigenvalue weighted by molar-refractivity contribution is 0.0696. The van der Waals surface area contributed by atoms with E-state index in [0.717, 1.165) is 0 Å². The van der Waals surface area contributed by atoms with Crippen LogP contribution < -0.4 is 0 Å². The number of carbonyl (C=O) groups excluding carboxylic acids is 1. The van der Waals surface area contributed by atoms with E-state index in [-0.39, 0.29) is 16.9 Å². The lowest BCUT2D eigenvalue weighted by atomic mass is 10.2. The van der Waals surface area contributed by atoms with Gasteiger partial charge in [0, 0.05) is 0 Å². The molecule has 100 valence electrons. The number of hydrogen-bond donors (Lipinski definition) is 2. The SMILES string of the molecule is O=C(O)c1ccc(N=NC(=O)c2ccccc2O)cc1. The van der Waals surface area contributed by atoms with Crippen molar-refractivity contribution in [2.45, 2.75) is 0 Å². The van der Waals surface area contributed by atoms with Crippen LogP contribution >= 0.6 is 0 Å². The highest BCUT2D eigenvalue weighted by atomic mass is 16.4. The van der Waals surface area contributed by atoms with Crippen molar-refractivity contribution in [3.8, 4) is 5.75 Å². The maximum atomic E-state index is 11.7. The summed E-state index contributed by atoms with van der Waals surface area (Å²) in [7, 11) is 0. The van der Waals surface area contributed by atoms with Crippen LogP contribution in [0, 0.1) is 0 Å². The third kappa shape index (κ3) is 3.05. The maximum absolute atomic E-state index is 11.7. The van der Waals surface area contributed by atoms with Crippen molar-refractivity contribution < 1.29 is 19.8 Å². The van der Waals surface area contributed by atoms with Crippen LogP contribution in [0.1, 0.15) is 20.7 Å². The van der Waals surface area contributed by atoms with Crippen molar-refractivity contribution in [2.24, 2.45) is 10.2 Å². The van der Waals surface area contributed by atoms with Crippen molar-refractivity contribution >= 4 is 17.6 Å². The van der Waals surface area contributed by atoms with Gasteiger partial charge in [0.25, 0.3) is 5.91 Å². The van der Waals surface area contributed by atoms with Crippen molar-refractivity contribution in [1.82, 2.24) is 0 Å². The molecule has 0 saturated heterocycles. The number of azo groups is 1. The highest BCUT2D eigenvalue weighted by Crippen LogP contribution is 2.18. The molecule has 20 heavy (non-hydrogen) atoms. The minimum absolute atomic E-state index is 0.0541. The fourth-order valence-corrected chi connectivity index (χ4v) is 1.48. The van der Waals surface area contributed by atoms with Crippen molar-refractivity contribution in [2.75, 3.05) is 0 Å². The standard InChI is InChI=1S/C14H10N2O4/c17-12-4-2-1-3-11(12)13(18)16-15-10-7-5-9(6-8-10)14(19)20/h1-8,17H,(H,19,20). The van der Waals surface area contributed by atoms with E-state index in [4.69, 9.17) is 5.11 Å². The fourth-order valence-electron chi connectivity index (χ4n) is 1.48. The molecule has 0 fully saturated rings. The Labute approximate surface area is 114 Å². The predicted molar refractivity (Wildman–Crippen MR) is 70.4 cm³/mol. The molecule has 0 atom stereocenters. The summed E-state index contributed by atoms with van der Waals surface area (Å²) in [5, 5.41) is 25.4. The number of benzene rings is 2. The third-order valence-corrected chi connectivity index (χ3v) is 2.51. The number of carboxylic acid groups (broad SMARTS) is 1. The maximum Gasteiger partial charge on any atom is 0.335 e. The second-order valence-electron chi connectivity index (χ2n) is 3.87. The number of rotatable bonds is 3. The van der Waals surface area contributed by atoms with Gasteiger partial charge in [-0.2, -0.15) is 0 Å². The first-order chi connectivity index (χ1) is 9.58. The molecule has 0 bridgehead atoms. The van der Waals surface area contributed by atoms with E-state index >= 15 is 0 Å². The van der Waals surface area contributed by atoms with Gasteiger partial charge >= 0.3 is 5.97 Å². The summed E-state index contributed by atoms with van der Waals surface area (Å²) in [6.07, 6.45) is 0. The van der Waals surface area contributed by atoms with Crippen molar-refractivity contribution in [3.05, 3.63) is 59.7 Å². The molecule has 0 aliphatic heterocycles. The zero-order chi connectivity index (χ0) is 14.5. The molecular formula is C14H10N2O4. The van der Waals surface area contributed by atoms with Gasteiger partial charge in [0.05, 0.1) is 16.8 Å². The first-order valence-electron chi connectivity index (χ1n) is 5.65. The van der Waals surface area contributed by atoms with Gasteiger partial charge in [-0.15, -0.1) is 10.2 Å². The van der Waals surface area contributed by atoms with Gasteiger partial charge in [0.15, 0.2) is 0 Å². The Kier molecular flexibility index (Phi) is 3.85. The number of para-hydroxylation sites is 1. The number of hydrogen-bond acceptors (Lipinski definition) is 4. The lowest BCUT2D eigenvalue weighted by Crippen LogP contribution is -1.94. The van der Waals surface area contributed by atoms with E-state index in [2.05, 4.69) is 10.2 Å². The van der Waals surface area contributed by atoms with Crippen LogP contribution in [-0.4, -0.2) is 22.1 Å². The summed E-state index contributed by atoms with van der Waals surface area (Å²) < 4.78 is 0. The normalized spacial score (nSPS) is 10.6. The Morgan fingerprint density at radius 1 is 0.950 bits per heavy atom. The Bertz CT molecular complexity index is 678. The van der Waals surface area contributed by atoms with Gasteiger partial charge in [0.2, 0.25) is 0 Å². The van der Waals surface area contributed by atoms with E-state index in [1.165, 1.54) is 36.4 Å². The number of carboxylic acids is 1. The Morgan fingerprint density at radius 2 is 1.60 bits per heavy atom. The average molecular weight is 270 g/mol. The van der Waals surface area contributed by atoms with Gasteiger partial charge < -0.3 is 10.2 Å². The van der Waals surface area contributed by atoms with Crippen LogP contribution in [0.25, 0.3) is 0 Å². The van der Waals surface area contributed by atoms with Crippen molar-refractivity contribution in [3.63, 3.8) is 0 Å². The summed E-state index contributed by atoms with van der Waals surface area (Å²) in [6, 6.07) is 11.6. The second-order valence-corrected chi connectivity index (χ2v) is 3.87. The van der Waals surface area contributed by atoms with Crippen LogP contribution in [-0.2, 0) is 0 Å². The molecule has 0 spiro atoms. The summed E-state index contributed by atoms with van der Waals surface area (Å²) in [6.45, 7) is 0. The monoisotopic (exact) mass is 270 g/mol. The van der Waals surface area contributed by atoms with Crippen LogP contribution in [0.2, 0.25) is 0 Å². The lowest BCUT2D eigenvalue weighted by Gasteiger charge is -1.98. The van der Waals surface area contributed by atoms with Crippen LogP contribution in [0.15, 0.2) is 58.8 Å². The zero-order valence-corrected chi connectivity index (χ0v) is 10.2. The topological polar surface area (TPSA) is 99.3 Å². The molecule has 2 rings (SSSR count). The van der Waals surface area contributed by atoms with Crippen LogP contribution in [0.5, 0.6) is 5.75 Å². The largest absolute Gasteiger partial charge is 0.507 e. The number of amides is 1. The fraction of sp³-hybridized carbons (Fsp3) is 0. The average Bonchev–Trinajstić information content (AvgIpc) is 2.45. The molecule has 0 heterocycles. The number of phenolic OH excluding ortho intramolecular Hbond substituents is 1. The molecule has 1 amide bonds. The van der Waals surface area contributed by atoms with Crippen LogP contribution in [0.3, 0.4) is 0 Å². The molecule has 0 unspecified atom stereocenters. The van der Waals surface area contributed by atoms with E-state index in [0.29, 0.717) is 5.69 Å². The molecule has 6 heteroatoms. The first-order valence-corrected chi connectivity index (χ1v) is 5.65. The molecule has 0 aliphatic carbocycles. The van der Waals surface area contributed by atoms with Gasteiger partial charge in [-0.05, 0) is 36.4 Å². The number of aromatic carboxylic acids is 1. The molecule has 0 radical (unpaired) electrons. The molecule has 2 N–H and O–H groups in total. The number of nitrogens with zero attached hydrogens (tertiary/aromatic N) is 2. The van der Waals surface area contributed by atoms with Gasteiger partial charge in [-0.3, -0.25) is 4.79 Å². The molecule has 6 nitrogen and oxygen atoms in total. The summed E-state index contributed by atoms with van der Waals surface area (Å²) >= 11 is 0. The van der Waals surface area contributed by atoms with Gasteiger partial charge in [0.1, 0.15) is 5.75 Å². The summed E-state index contributed by atoms with van der Waals surface area (Å²) in [5.74, 6) is -1.89. The highest BCUT2D eigenvalue weighted by Gasteiger charge is 2.09. The molecule has 2 aromatic rings. The van der Waals surface area contributed by atoms with E-state index in [9.17, 15) is 14.7 Å². The minimum atomic E-state index is -1.04. The quantitative estimate of drug-likeness (QED) is 0.837. The summed E-state index contributed by atoms with van der Waals surface area (Å²) in [5.41, 5.74) is 0.521. The second kappa shape index (κ2) is 5.75. The molecular weight excluding hydrogens is 260 g/mol. The Hall–Kier alpha value is -3.02. The molecule has 2 aromatic carbocycles. The van der Waals surface area contributed by atoms with E-state index in [1.807, 2.05) is 0 Å². The minimum Gasteiger partial charge on any atom is -0.507 e. The van der Waals surface area contributed by atoms with Gasteiger partial charge in [-0.25, -0.2) is 4.79 Å². The number of aromatic hydroxyl groups is 1. The van der Waals surface area contributed by atoms with Crippen molar-refractivity contribution in [1.29, 1.82) is 0 Å². The highest BCUT2D eigenvalue weighted by molar-refractivity contribution is 5.97. The molecule has 0 aromatic heterocycles. The van der Waals surface area contributed by atoms with E-state index in [1.54, 1.807) is 12.1 Å². The first kappa shape index (κ1) is 13.4. The number of phenols is 1. The number of carbonyl (C=O) groups is 2. The smallest absolute Gasteiger partial charge is 0.335 e. The van der Waals surface area contributed by atoms with Crippen LogP contribution in [0.4, 0.5) is 5.69 Å². The Morgan fingerprint density at radius 3 is 2.20 bits per heavy atom. The third-order valence-electron chi connectivity index (χ3n) is 2.51. The van der Waals surface area contributed by atoms with E-state index < -0.39 is 11.9 Å². The predicted octanol–water partition coefficient (Wildman–Crippen LogP) is 3.01. The summed E-state index contributed by atoms with van der Waals surface area (Å²) in [4.78, 5) is 22.4. The molecule has 0 aliphatic rings. The van der Waals surface area contributed by atoms with Gasteiger partial charge in [-0.1, -0.05) is 12.1 Å².